The van der Waals surface area contributed by atoms with E-state index in [1.165, 1.54) is 28.0 Å². The largest absolute Gasteiger partial charge is 0.345 e. The molecule has 2 aromatic carbocycles. The minimum atomic E-state index is -0.0654. The Morgan fingerprint density at radius 2 is 1.61 bits per heavy atom. The lowest BCUT2D eigenvalue weighted by molar-refractivity contribution is -0.132. The lowest BCUT2D eigenvalue weighted by atomic mass is 9.49. The summed E-state index contributed by atoms with van der Waals surface area (Å²) in [6.45, 7) is 5.63. The van der Waals surface area contributed by atoms with Gasteiger partial charge in [-0.25, -0.2) is 0 Å². The normalized spacial score (nSPS) is 36.7. The van der Waals surface area contributed by atoms with Gasteiger partial charge in [-0.2, -0.15) is 0 Å². The van der Waals surface area contributed by atoms with Crippen molar-refractivity contribution in [2.45, 2.75) is 64.8 Å². The van der Waals surface area contributed by atoms with E-state index < -0.39 is 0 Å². The molecule has 36 heavy (non-hydrogen) atoms. The van der Waals surface area contributed by atoms with Crippen LogP contribution in [0.4, 0.5) is 0 Å². The molecule has 0 unspecified atom stereocenters. The van der Waals surface area contributed by atoms with Crippen molar-refractivity contribution in [3.63, 3.8) is 0 Å². The van der Waals surface area contributed by atoms with E-state index in [9.17, 15) is 9.59 Å². The fraction of sp³-hybridized carbons (Fsp3) is 0.531. The summed E-state index contributed by atoms with van der Waals surface area (Å²) in [5.41, 5.74) is 6.18. The summed E-state index contributed by atoms with van der Waals surface area (Å²) in [6, 6.07) is 16.9. The molecule has 1 amide bonds. The summed E-state index contributed by atoms with van der Waals surface area (Å²) >= 11 is 0. The van der Waals surface area contributed by atoms with Crippen LogP contribution in [0.5, 0.6) is 0 Å². The number of fused-ring (bicyclic) bond motifs is 8. The molecular weight excluding hydrogens is 444 g/mol. The summed E-state index contributed by atoms with van der Waals surface area (Å²) in [6.07, 6.45) is 6.57. The minimum Gasteiger partial charge on any atom is -0.345 e. The molecule has 0 bridgehead atoms. The second kappa shape index (κ2) is 7.87. The molecule has 4 heteroatoms. The standard InChI is InChI=1S/C32H36N2O2/c1-31-16-14-26-24(18-33-28-17-19(35)13-15-32(26,28)2)25(31)11-12-27(31)30(36)34-29-22-9-5-3-7-20(22)21-8-4-6-10-23(21)29/h3-10,24-27,29H,11-18H2,1-2H3,(H,34,36)/t24-,25-,26-,27+,31-,32+/m0/s1. The van der Waals surface area contributed by atoms with Crippen molar-refractivity contribution in [2.75, 3.05) is 6.54 Å². The van der Waals surface area contributed by atoms with Crippen LogP contribution in [-0.4, -0.2) is 23.9 Å². The van der Waals surface area contributed by atoms with Crippen LogP contribution in [0, 0.1) is 34.5 Å². The number of ketones is 1. The van der Waals surface area contributed by atoms with Crippen molar-refractivity contribution >= 4 is 17.4 Å². The van der Waals surface area contributed by atoms with E-state index in [0.29, 0.717) is 36.4 Å². The van der Waals surface area contributed by atoms with Crippen molar-refractivity contribution in [3.05, 3.63) is 59.7 Å². The van der Waals surface area contributed by atoms with Crippen LogP contribution in [0.15, 0.2) is 53.5 Å². The number of carbonyl (C=O) groups is 2. The van der Waals surface area contributed by atoms with Crippen molar-refractivity contribution in [1.82, 2.24) is 5.32 Å². The molecule has 3 fully saturated rings. The second-order valence-corrected chi connectivity index (χ2v) is 12.6. The van der Waals surface area contributed by atoms with E-state index in [1.807, 2.05) is 0 Å². The van der Waals surface area contributed by atoms with E-state index in [1.54, 1.807) is 0 Å². The lowest BCUT2D eigenvalue weighted by Crippen LogP contribution is -2.55. The van der Waals surface area contributed by atoms with Crippen LogP contribution in [0.3, 0.4) is 0 Å². The lowest BCUT2D eigenvalue weighted by Gasteiger charge is -2.56. The maximum Gasteiger partial charge on any atom is 0.224 e. The summed E-state index contributed by atoms with van der Waals surface area (Å²) in [5.74, 6) is 2.31. The zero-order valence-electron chi connectivity index (χ0n) is 21.4. The maximum absolute atomic E-state index is 14.0. The number of Topliss-reactive ketones (excluding diaryl/α,β-unsaturated/α-hetero) is 1. The molecule has 2 aromatic rings. The van der Waals surface area contributed by atoms with Crippen LogP contribution in [0.2, 0.25) is 0 Å². The Labute approximate surface area is 214 Å². The Balaban J connectivity index is 1.15. The van der Waals surface area contributed by atoms with Crippen LogP contribution in [0.1, 0.15) is 76.0 Å². The molecule has 186 valence electrons. The summed E-state index contributed by atoms with van der Waals surface area (Å²) < 4.78 is 0. The van der Waals surface area contributed by atoms with Gasteiger partial charge < -0.3 is 5.32 Å². The second-order valence-electron chi connectivity index (χ2n) is 12.6. The minimum absolute atomic E-state index is 0.0246. The Kier molecular flexibility index (Phi) is 4.91. The highest BCUT2D eigenvalue weighted by molar-refractivity contribution is 6.07. The molecule has 7 rings (SSSR count). The molecule has 1 aliphatic heterocycles. The van der Waals surface area contributed by atoms with Gasteiger partial charge in [-0.3, -0.25) is 14.6 Å². The fourth-order valence-corrected chi connectivity index (χ4v) is 9.19. The quantitative estimate of drug-likeness (QED) is 0.561. The predicted molar refractivity (Wildman–Crippen MR) is 142 cm³/mol. The summed E-state index contributed by atoms with van der Waals surface area (Å²) in [4.78, 5) is 31.2. The maximum atomic E-state index is 14.0. The Bertz CT molecular complexity index is 1250. The molecule has 0 saturated heterocycles. The molecule has 0 aromatic heterocycles. The Morgan fingerprint density at radius 3 is 2.33 bits per heavy atom. The molecule has 4 aliphatic carbocycles. The highest BCUT2D eigenvalue weighted by atomic mass is 16.2. The number of hydrogen-bond donors (Lipinski definition) is 1. The van der Waals surface area contributed by atoms with Gasteiger partial charge in [0.05, 0.1) is 6.04 Å². The van der Waals surface area contributed by atoms with Crippen LogP contribution in [-0.2, 0) is 9.59 Å². The number of hydrogen-bond acceptors (Lipinski definition) is 3. The van der Waals surface area contributed by atoms with Gasteiger partial charge in [-0.15, -0.1) is 0 Å². The molecule has 4 nitrogen and oxygen atoms in total. The number of nitrogens with one attached hydrogen (secondary N) is 1. The number of carbonyl (C=O) groups excluding carboxylic acids is 2. The smallest absolute Gasteiger partial charge is 0.224 e. The number of rotatable bonds is 2. The predicted octanol–water partition coefficient (Wildman–Crippen LogP) is 6.15. The first-order chi connectivity index (χ1) is 17.4. The molecular formula is C32H36N2O2. The molecule has 0 spiro atoms. The van der Waals surface area contributed by atoms with Gasteiger partial charge in [0.1, 0.15) is 5.78 Å². The molecule has 1 N–H and O–H groups in total. The van der Waals surface area contributed by atoms with Crippen molar-refractivity contribution in [2.24, 2.45) is 39.5 Å². The SMILES string of the molecule is C[C@]12CC[C@H]3[C@@H](CN=C4CC(=O)CC[C@@]43C)[C@@H]1CC[C@@H]2C(=O)NC1c2ccccc2-c2ccccc21. The molecule has 3 saturated carbocycles. The van der Waals surface area contributed by atoms with Crippen molar-refractivity contribution < 1.29 is 9.59 Å². The highest BCUT2D eigenvalue weighted by Gasteiger charge is 2.60. The summed E-state index contributed by atoms with van der Waals surface area (Å²) in [5, 5.41) is 3.52. The Hall–Kier alpha value is -2.75. The average Bonchev–Trinajstić information content (AvgIpc) is 3.40. The monoisotopic (exact) mass is 480 g/mol. The first-order valence-electron chi connectivity index (χ1n) is 13.9. The number of nitrogens with zero attached hydrogens (tertiary/aromatic N) is 1. The molecule has 6 atom stereocenters. The number of benzene rings is 2. The third-order valence-corrected chi connectivity index (χ3v) is 11.1. The fourth-order valence-electron chi connectivity index (χ4n) is 9.19. The van der Waals surface area contributed by atoms with E-state index >= 15 is 0 Å². The van der Waals surface area contributed by atoms with Crippen LogP contribution < -0.4 is 5.32 Å². The average molecular weight is 481 g/mol. The van der Waals surface area contributed by atoms with Gasteiger partial charge in [0.15, 0.2) is 0 Å². The van der Waals surface area contributed by atoms with Gasteiger partial charge in [0.2, 0.25) is 5.91 Å². The van der Waals surface area contributed by atoms with Gasteiger partial charge in [0.25, 0.3) is 0 Å². The van der Waals surface area contributed by atoms with Crippen LogP contribution >= 0.6 is 0 Å². The van der Waals surface area contributed by atoms with Crippen molar-refractivity contribution in [3.8, 4) is 11.1 Å². The number of amides is 1. The van der Waals surface area contributed by atoms with E-state index in [-0.39, 0.29) is 28.7 Å². The number of aliphatic imine (C=N–C) groups is 1. The summed E-state index contributed by atoms with van der Waals surface area (Å²) in [7, 11) is 0. The van der Waals surface area contributed by atoms with Crippen molar-refractivity contribution in [1.29, 1.82) is 0 Å². The third-order valence-electron chi connectivity index (χ3n) is 11.1. The van der Waals surface area contributed by atoms with Gasteiger partial charge in [-0.1, -0.05) is 62.4 Å². The zero-order chi connectivity index (χ0) is 24.7. The zero-order valence-corrected chi connectivity index (χ0v) is 21.4. The molecule has 5 aliphatic rings. The topological polar surface area (TPSA) is 58.5 Å². The third kappa shape index (κ3) is 3.02. The van der Waals surface area contributed by atoms with E-state index in [2.05, 4.69) is 67.7 Å². The van der Waals surface area contributed by atoms with Gasteiger partial charge in [-0.05, 0) is 77.5 Å². The first kappa shape index (κ1) is 22.4. The van der Waals surface area contributed by atoms with Gasteiger partial charge in [0, 0.05) is 36.4 Å². The van der Waals surface area contributed by atoms with Gasteiger partial charge >= 0.3 is 0 Å². The van der Waals surface area contributed by atoms with E-state index in [0.717, 1.165) is 38.6 Å². The molecule has 1 heterocycles. The molecule has 0 radical (unpaired) electrons. The first-order valence-corrected chi connectivity index (χ1v) is 13.9. The Morgan fingerprint density at radius 1 is 0.917 bits per heavy atom. The van der Waals surface area contributed by atoms with E-state index in [4.69, 9.17) is 4.99 Å². The van der Waals surface area contributed by atoms with Crippen LogP contribution in [0.25, 0.3) is 11.1 Å². The highest BCUT2D eigenvalue weighted by Crippen LogP contribution is 2.64.